The quantitative estimate of drug-likeness (QED) is 0.202. The molecule has 0 saturated carbocycles. The minimum atomic E-state index is -2.22. The smallest absolute Gasteiger partial charge is 0.137 e. The highest BCUT2D eigenvalue weighted by molar-refractivity contribution is 7.00. The summed E-state index contributed by atoms with van der Waals surface area (Å²) in [6.45, 7) is 2.12. The molecule has 44 heavy (non-hydrogen) atoms. The van der Waals surface area contributed by atoms with Crippen molar-refractivity contribution in [2.45, 2.75) is 24.9 Å². The summed E-state index contributed by atoms with van der Waals surface area (Å²) in [5.41, 5.74) is -1.22. The van der Waals surface area contributed by atoms with E-state index in [1.807, 2.05) is 24.3 Å². The van der Waals surface area contributed by atoms with Gasteiger partial charge in [-0.3, -0.25) is 4.68 Å². The Balaban J connectivity index is 0.000000175. The van der Waals surface area contributed by atoms with E-state index in [2.05, 4.69) is 26.7 Å². The molecule has 1 unspecified atom stereocenters. The van der Waals surface area contributed by atoms with E-state index in [1.165, 1.54) is 84.3 Å². The third-order valence-corrected chi connectivity index (χ3v) is 11.6. The van der Waals surface area contributed by atoms with Gasteiger partial charge in [0.15, 0.2) is 0 Å². The molecule has 0 aliphatic carbocycles. The zero-order valence-electron chi connectivity index (χ0n) is 23.6. The molecule has 0 fully saturated rings. The molecule has 0 spiro atoms. The fourth-order valence-electron chi connectivity index (χ4n) is 5.03. The summed E-state index contributed by atoms with van der Waals surface area (Å²) < 4.78 is 57.0. The van der Waals surface area contributed by atoms with Crippen LogP contribution < -0.4 is 10.4 Å². The Labute approximate surface area is 252 Å². The predicted molar refractivity (Wildman–Crippen MR) is 160 cm³/mol. The number of halogens is 4. The molecule has 7 nitrogen and oxygen atoms in total. The Morgan fingerprint density at radius 3 is 1.61 bits per heavy atom. The summed E-state index contributed by atoms with van der Waals surface area (Å²) >= 11 is 0. The molecule has 0 amide bonds. The number of nitrogens with zero attached hydrogens (tertiary/aromatic N) is 6. The molecule has 6 rings (SSSR count). The topological polar surface area (TPSA) is 81.6 Å². The van der Waals surface area contributed by atoms with Crippen LogP contribution in [0.4, 0.5) is 17.6 Å². The summed E-state index contributed by atoms with van der Waals surface area (Å²) in [5.74, 6) is -1.50. The van der Waals surface area contributed by atoms with Crippen molar-refractivity contribution >= 4 is 18.4 Å². The standard InChI is InChI=1S/C16H13F2N3O.C16H15F2N3Si/c17-13-7-5-12(6-8-13)16(22,9-21-11-19-10-20-21)14-3-1-2-4-15(14)18;1-22(12-21-11-19-10-20-21,15-6-2-13(17)3-7-15)16-8-4-14(18)5-9-16/h1-8,10-11,22H,9H2;2-11H,12H2,1H3. The molecule has 0 saturated heterocycles. The van der Waals surface area contributed by atoms with Gasteiger partial charge in [-0.05, 0) is 48.0 Å². The molecule has 0 aliphatic rings. The zero-order valence-corrected chi connectivity index (χ0v) is 24.6. The Kier molecular flexibility index (Phi) is 9.11. The van der Waals surface area contributed by atoms with Gasteiger partial charge in [-0.2, -0.15) is 10.2 Å². The van der Waals surface area contributed by atoms with Crippen molar-refractivity contribution in [1.29, 1.82) is 0 Å². The maximum atomic E-state index is 14.2. The van der Waals surface area contributed by atoms with Crippen LogP contribution in [0, 0.1) is 23.3 Å². The van der Waals surface area contributed by atoms with E-state index >= 15 is 0 Å². The highest BCUT2D eigenvalue weighted by Crippen LogP contribution is 2.33. The van der Waals surface area contributed by atoms with Gasteiger partial charge in [-0.1, -0.05) is 71.5 Å². The van der Waals surface area contributed by atoms with Crippen LogP contribution in [0.5, 0.6) is 0 Å². The SMILES string of the molecule is C[Si](Cn1cncn1)(c1ccc(F)cc1)c1ccc(F)cc1.OC(Cn1cncn1)(c1ccc(F)cc1)c1ccccc1F. The van der Waals surface area contributed by atoms with Crippen LogP contribution >= 0.6 is 0 Å². The van der Waals surface area contributed by atoms with Crippen LogP contribution in [0.2, 0.25) is 6.55 Å². The lowest BCUT2D eigenvalue weighted by Gasteiger charge is -2.29. The lowest BCUT2D eigenvalue weighted by Crippen LogP contribution is -2.59. The van der Waals surface area contributed by atoms with Gasteiger partial charge in [0.25, 0.3) is 0 Å². The van der Waals surface area contributed by atoms with Gasteiger partial charge in [0.2, 0.25) is 0 Å². The molecular weight excluding hydrogens is 588 g/mol. The van der Waals surface area contributed by atoms with E-state index in [-0.39, 0.29) is 23.7 Å². The van der Waals surface area contributed by atoms with Crippen LogP contribution in [0.25, 0.3) is 0 Å². The van der Waals surface area contributed by atoms with Gasteiger partial charge in [-0.25, -0.2) is 32.2 Å². The maximum absolute atomic E-state index is 14.2. The Morgan fingerprint density at radius 2 is 1.14 bits per heavy atom. The highest BCUT2D eigenvalue weighted by Gasteiger charge is 2.35. The molecule has 224 valence electrons. The highest BCUT2D eigenvalue weighted by atomic mass is 28.3. The van der Waals surface area contributed by atoms with Gasteiger partial charge in [0.1, 0.15) is 62.3 Å². The first-order chi connectivity index (χ1) is 21.2. The maximum Gasteiger partial charge on any atom is 0.137 e. The van der Waals surface area contributed by atoms with Crippen molar-refractivity contribution in [2.24, 2.45) is 0 Å². The Morgan fingerprint density at radius 1 is 0.659 bits per heavy atom. The lowest BCUT2D eigenvalue weighted by atomic mass is 9.86. The van der Waals surface area contributed by atoms with Crippen LogP contribution in [-0.4, -0.2) is 42.7 Å². The van der Waals surface area contributed by atoms with Gasteiger partial charge in [-0.15, -0.1) is 0 Å². The number of aliphatic hydroxyl groups is 1. The number of hydrogen-bond donors (Lipinski definition) is 1. The monoisotopic (exact) mass is 616 g/mol. The molecular formula is C32H28F4N6OSi. The van der Waals surface area contributed by atoms with Crippen LogP contribution in [0.15, 0.2) is 122 Å². The van der Waals surface area contributed by atoms with Gasteiger partial charge in [0.05, 0.1) is 6.54 Å². The van der Waals surface area contributed by atoms with Crippen molar-refractivity contribution in [1.82, 2.24) is 29.5 Å². The molecule has 0 bridgehead atoms. The fourth-order valence-corrected chi connectivity index (χ4v) is 8.34. The second-order valence-corrected chi connectivity index (χ2v) is 14.5. The van der Waals surface area contributed by atoms with Gasteiger partial charge in [0, 0.05) is 11.7 Å². The Hall–Kier alpha value is -4.94. The van der Waals surface area contributed by atoms with Crippen molar-refractivity contribution in [2.75, 3.05) is 0 Å². The molecule has 1 atom stereocenters. The predicted octanol–water partition coefficient (Wildman–Crippen LogP) is 4.48. The van der Waals surface area contributed by atoms with E-state index in [4.69, 9.17) is 0 Å². The van der Waals surface area contributed by atoms with E-state index in [0.29, 0.717) is 11.7 Å². The Bertz CT molecular complexity index is 1720. The van der Waals surface area contributed by atoms with Crippen molar-refractivity contribution < 1.29 is 22.7 Å². The van der Waals surface area contributed by atoms with E-state index < -0.39 is 25.3 Å². The molecule has 12 heteroatoms. The minimum absolute atomic E-state index is 0.0421. The minimum Gasteiger partial charge on any atom is -0.378 e. The van der Waals surface area contributed by atoms with Gasteiger partial charge < -0.3 is 5.11 Å². The summed E-state index contributed by atoms with van der Waals surface area (Å²) in [5, 5.41) is 21.4. The van der Waals surface area contributed by atoms with Crippen molar-refractivity contribution in [3.8, 4) is 0 Å². The van der Waals surface area contributed by atoms with Crippen LogP contribution in [0.3, 0.4) is 0 Å². The zero-order chi connectivity index (χ0) is 31.2. The molecule has 6 aromatic rings. The number of benzene rings is 4. The molecule has 0 aliphatic heterocycles. The van der Waals surface area contributed by atoms with Crippen LogP contribution in [0.1, 0.15) is 11.1 Å². The molecule has 2 heterocycles. The largest absolute Gasteiger partial charge is 0.378 e. The second kappa shape index (κ2) is 13.1. The first-order valence-electron chi connectivity index (χ1n) is 13.6. The van der Waals surface area contributed by atoms with Gasteiger partial charge >= 0.3 is 0 Å². The number of aromatic nitrogens is 6. The molecule has 0 radical (unpaired) electrons. The van der Waals surface area contributed by atoms with Crippen LogP contribution in [-0.2, 0) is 18.3 Å². The first-order valence-corrected chi connectivity index (χ1v) is 16.3. The molecule has 2 aromatic heterocycles. The average molecular weight is 617 g/mol. The summed E-state index contributed by atoms with van der Waals surface area (Å²) in [4.78, 5) is 7.79. The molecule has 4 aromatic carbocycles. The average Bonchev–Trinajstić information content (AvgIpc) is 3.73. The summed E-state index contributed by atoms with van der Waals surface area (Å²) in [6, 6.07) is 24.3. The summed E-state index contributed by atoms with van der Waals surface area (Å²) in [7, 11) is -2.22. The first kappa shape index (κ1) is 30.5. The van der Waals surface area contributed by atoms with E-state index in [9.17, 15) is 22.7 Å². The second-order valence-electron chi connectivity index (χ2n) is 10.4. The summed E-state index contributed by atoms with van der Waals surface area (Å²) in [6.07, 6.45) is 6.56. The lowest BCUT2D eigenvalue weighted by molar-refractivity contribution is 0.0535. The van der Waals surface area contributed by atoms with Crippen molar-refractivity contribution in [3.05, 3.63) is 157 Å². The normalized spacial score (nSPS) is 12.7. The fraction of sp³-hybridized carbons (Fsp3) is 0.125. The van der Waals surface area contributed by atoms with Crippen molar-refractivity contribution in [3.63, 3.8) is 0 Å². The third-order valence-electron chi connectivity index (χ3n) is 7.41. The number of rotatable bonds is 8. The molecule has 1 N–H and O–H groups in total. The third kappa shape index (κ3) is 6.82. The number of hydrogen-bond acceptors (Lipinski definition) is 5. The van der Waals surface area contributed by atoms with E-state index in [0.717, 1.165) is 10.4 Å². The van der Waals surface area contributed by atoms with E-state index in [1.54, 1.807) is 23.1 Å².